The number of aryl methyl sites for hydroxylation is 1. The maximum absolute atomic E-state index is 12.8. The minimum Gasteiger partial charge on any atom is -1.00 e. The van der Waals surface area contributed by atoms with E-state index in [2.05, 4.69) is 45.8 Å². The second kappa shape index (κ2) is 7.50. The summed E-state index contributed by atoms with van der Waals surface area (Å²) in [7, 11) is 0. The van der Waals surface area contributed by atoms with Gasteiger partial charge in [-0.1, -0.05) is 18.2 Å². The van der Waals surface area contributed by atoms with Crippen LogP contribution in [0.25, 0.3) is 22.2 Å². The monoisotopic (exact) mass is 369 g/mol. The van der Waals surface area contributed by atoms with E-state index in [0.717, 1.165) is 38.2 Å². The van der Waals surface area contributed by atoms with Crippen LogP contribution in [0.5, 0.6) is 0 Å². The molecule has 0 spiro atoms. The lowest BCUT2D eigenvalue weighted by Crippen LogP contribution is -3.00. The van der Waals surface area contributed by atoms with Crippen molar-refractivity contribution >= 4 is 16.8 Å². The zero-order valence-electron chi connectivity index (χ0n) is 15.3. The molecule has 2 heterocycles. The van der Waals surface area contributed by atoms with Gasteiger partial charge >= 0.3 is 0 Å². The molecule has 4 nitrogen and oxygen atoms in total. The first-order valence-electron chi connectivity index (χ1n) is 9.15. The molecule has 0 bridgehead atoms. The molecule has 0 fully saturated rings. The van der Waals surface area contributed by atoms with Crippen molar-refractivity contribution in [3.63, 3.8) is 0 Å². The molecule has 0 saturated carbocycles. The Balaban J connectivity index is 0.00000196. The molecule has 26 heavy (non-hydrogen) atoms. The summed E-state index contributed by atoms with van der Waals surface area (Å²) in [6.45, 7) is 7.58. The van der Waals surface area contributed by atoms with Crippen molar-refractivity contribution in [1.29, 1.82) is 0 Å². The Bertz CT molecular complexity index is 929. The highest BCUT2D eigenvalue weighted by Crippen LogP contribution is 2.29. The second-order valence-corrected chi connectivity index (χ2v) is 6.52. The Hall–Kier alpha value is -2.33. The highest BCUT2D eigenvalue weighted by Gasteiger charge is 2.30. The standard InChI is InChI=1S/C21H24N3O.ClH/c1-3-22(4-2)21(25)17-11-12-19-18(15-17)20(16-9-6-5-7-10-16)24-14-8-13-23(19)24;/h5-7,9-12,15H,3-4,8,13-14H2,1-2H3;1H/q+1;/p-1. The van der Waals surface area contributed by atoms with Crippen LogP contribution in [0.2, 0.25) is 0 Å². The molecule has 2 aromatic carbocycles. The number of hydrogen-bond donors (Lipinski definition) is 0. The number of benzene rings is 2. The number of hydrogen-bond acceptors (Lipinski definition) is 1. The van der Waals surface area contributed by atoms with E-state index in [1.165, 1.54) is 22.2 Å². The van der Waals surface area contributed by atoms with E-state index in [-0.39, 0.29) is 18.3 Å². The number of rotatable bonds is 4. The van der Waals surface area contributed by atoms with Crippen LogP contribution >= 0.6 is 0 Å². The molecule has 0 N–H and O–H groups in total. The normalized spacial score (nSPS) is 12.7. The minimum atomic E-state index is 0. The molecule has 1 amide bonds. The van der Waals surface area contributed by atoms with Crippen LogP contribution in [0.1, 0.15) is 30.6 Å². The molecule has 0 radical (unpaired) electrons. The molecule has 0 aliphatic carbocycles. The zero-order valence-corrected chi connectivity index (χ0v) is 16.0. The number of fused-ring (bicyclic) bond motifs is 3. The van der Waals surface area contributed by atoms with E-state index in [0.29, 0.717) is 0 Å². The zero-order chi connectivity index (χ0) is 17.4. The molecule has 1 aliphatic rings. The molecule has 136 valence electrons. The van der Waals surface area contributed by atoms with E-state index >= 15 is 0 Å². The van der Waals surface area contributed by atoms with E-state index in [1.54, 1.807) is 0 Å². The third-order valence-corrected chi connectivity index (χ3v) is 5.16. The number of halogens is 1. The number of nitrogens with zero attached hydrogens (tertiary/aromatic N) is 3. The molecule has 1 aromatic heterocycles. The average molecular weight is 370 g/mol. The van der Waals surface area contributed by atoms with Gasteiger partial charge in [-0.05, 0) is 44.2 Å². The van der Waals surface area contributed by atoms with Gasteiger partial charge in [-0.25, -0.2) is 0 Å². The van der Waals surface area contributed by atoms with Gasteiger partial charge in [0, 0.05) is 30.6 Å². The number of aromatic nitrogens is 2. The summed E-state index contributed by atoms with van der Waals surface area (Å²) >= 11 is 0. The van der Waals surface area contributed by atoms with Gasteiger partial charge in [-0.15, -0.1) is 4.68 Å². The van der Waals surface area contributed by atoms with Crippen molar-refractivity contribution in [3.05, 3.63) is 54.1 Å². The fourth-order valence-corrected chi connectivity index (χ4v) is 3.91. The SMILES string of the molecule is CCN(CC)C(=O)c1ccc2c(c1)c(-c1ccccc1)[n+]1n2CCC1.[Cl-]. The van der Waals surface area contributed by atoms with Crippen molar-refractivity contribution in [2.45, 2.75) is 33.4 Å². The Morgan fingerprint density at radius 3 is 2.54 bits per heavy atom. The minimum absolute atomic E-state index is 0. The van der Waals surface area contributed by atoms with Gasteiger partial charge in [0.05, 0.1) is 11.9 Å². The molecule has 4 rings (SSSR count). The Morgan fingerprint density at radius 1 is 1.12 bits per heavy atom. The van der Waals surface area contributed by atoms with Crippen LogP contribution in [-0.2, 0) is 13.1 Å². The van der Waals surface area contributed by atoms with Crippen molar-refractivity contribution in [1.82, 2.24) is 9.58 Å². The topological polar surface area (TPSA) is 29.1 Å². The van der Waals surface area contributed by atoms with E-state index in [4.69, 9.17) is 0 Å². The fourth-order valence-electron chi connectivity index (χ4n) is 3.91. The Morgan fingerprint density at radius 2 is 1.85 bits per heavy atom. The van der Waals surface area contributed by atoms with E-state index in [1.807, 2.05) is 30.9 Å². The summed E-state index contributed by atoms with van der Waals surface area (Å²) in [4.78, 5) is 14.7. The summed E-state index contributed by atoms with van der Waals surface area (Å²) in [5.41, 5.74) is 4.42. The lowest BCUT2D eigenvalue weighted by molar-refractivity contribution is -0.745. The summed E-state index contributed by atoms with van der Waals surface area (Å²) in [5.74, 6) is 0.113. The van der Waals surface area contributed by atoms with Crippen LogP contribution in [0, 0.1) is 0 Å². The van der Waals surface area contributed by atoms with Gasteiger partial charge < -0.3 is 17.3 Å². The highest BCUT2D eigenvalue weighted by molar-refractivity contribution is 6.01. The predicted molar refractivity (Wildman–Crippen MR) is 99.4 cm³/mol. The third kappa shape index (κ3) is 2.88. The largest absolute Gasteiger partial charge is 1.00 e. The maximum Gasteiger partial charge on any atom is 0.253 e. The van der Waals surface area contributed by atoms with E-state index < -0.39 is 0 Å². The average Bonchev–Trinajstić information content (AvgIpc) is 3.23. The third-order valence-electron chi connectivity index (χ3n) is 5.16. The lowest BCUT2D eigenvalue weighted by Gasteiger charge is -2.18. The summed E-state index contributed by atoms with van der Waals surface area (Å²) in [5, 5.41) is 1.17. The fraction of sp³-hybridized carbons (Fsp3) is 0.333. The van der Waals surface area contributed by atoms with Crippen LogP contribution in [0.15, 0.2) is 48.5 Å². The van der Waals surface area contributed by atoms with Crippen LogP contribution in [0.4, 0.5) is 0 Å². The van der Waals surface area contributed by atoms with Crippen molar-refractivity contribution in [3.8, 4) is 11.3 Å². The molecule has 0 unspecified atom stereocenters. The smallest absolute Gasteiger partial charge is 0.253 e. The summed E-state index contributed by atoms with van der Waals surface area (Å²) in [6.07, 6.45) is 1.16. The predicted octanol–water partition coefficient (Wildman–Crippen LogP) is 0.485. The van der Waals surface area contributed by atoms with Crippen LogP contribution in [-0.4, -0.2) is 28.6 Å². The molecule has 0 saturated heterocycles. The van der Waals surface area contributed by atoms with Crippen LogP contribution < -0.4 is 17.1 Å². The summed E-state index contributed by atoms with van der Waals surface area (Å²) < 4.78 is 4.72. The first kappa shape index (κ1) is 18.5. The quantitative estimate of drug-likeness (QED) is 0.615. The Labute approximate surface area is 160 Å². The van der Waals surface area contributed by atoms with Gasteiger partial charge in [0.2, 0.25) is 5.69 Å². The molecule has 1 aliphatic heterocycles. The summed E-state index contributed by atoms with van der Waals surface area (Å²) in [6, 6.07) is 16.7. The lowest BCUT2D eigenvalue weighted by atomic mass is 10.0. The number of carbonyl (C=O) groups excluding carboxylic acids is 1. The number of amides is 1. The molecular formula is C21H24ClN3O. The number of carbonyl (C=O) groups is 1. The Kier molecular flexibility index (Phi) is 5.33. The first-order valence-corrected chi connectivity index (χ1v) is 9.15. The first-order chi connectivity index (χ1) is 12.2. The molecule has 5 heteroatoms. The van der Waals surface area contributed by atoms with Gasteiger partial charge in [0.15, 0.2) is 6.54 Å². The maximum atomic E-state index is 12.8. The van der Waals surface area contributed by atoms with Gasteiger partial charge in [-0.2, -0.15) is 4.68 Å². The van der Waals surface area contributed by atoms with Crippen LogP contribution in [0.3, 0.4) is 0 Å². The van der Waals surface area contributed by atoms with Crippen molar-refractivity contribution in [2.75, 3.05) is 13.1 Å². The van der Waals surface area contributed by atoms with Crippen molar-refractivity contribution < 1.29 is 21.9 Å². The molecule has 0 atom stereocenters. The van der Waals surface area contributed by atoms with Crippen molar-refractivity contribution in [2.24, 2.45) is 0 Å². The van der Waals surface area contributed by atoms with Gasteiger partial charge in [0.25, 0.3) is 5.91 Å². The highest BCUT2D eigenvalue weighted by atomic mass is 35.5. The molecular weight excluding hydrogens is 346 g/mol. The second-order valence-electron chi connectivity index (χ2n) is 6.52. The van der Waals surface area contributed by atoms with Gasteiger partial charge in [0.1, 0.15) is 5.52 Å². The molecule has 3 aromatic rings. The van der Waals surface area contributed by atoms with E-state index in [9.17, 15) is 4.79 Å². The van der Waals surface area contributed by atoms with Gasteiger partial charge in [-0.3, -0.25) is 4.79 Å².